The number of hydrogen-bond acceptors (Lipinski definition) is 13. The Morgan fingerprint density at radius 1 is 0.795 bits per heavy atom. The molecule has 1 aromatic heterocycles. The lowest BCUT2D eigenvalue weighted by atomic mass is 10.1. The predicted molar refractivity (Wildman–Crippen MR) is 167 cm³/mol. The lowest BCUT2D eigenvalue weighted by molar-refractivity contribution is 0.00694. The van der Waals surface area contributed by atoms with E-state index in [4.69, 9.17) is 45.2 Å². The van der Waals surface area contributed by atoms with Crippen LogP contribution in [0.5, 0.6) is 0 Å². The maximum absolute atomic E-state index is 9.49. The lowest BCUT2D eigenvalue weighted by Gasteiger charge is -2.25. The van der Waals surface area contributed by atoms with Crippen molar-refractivity contribution in [2.24, 2.45) is 10.2 Å². The zero-order valence-electron chi connectivity index (χ0n) is 25.5. The van der Waals surface area contributed by atoms with Gasteiger partial charge in [-0.1, -0.05) is 0 Å². The molecule has 0 aliphatic carbocycles. The van der Waals surface area contributed by atoms with E-state index in [0.29, 0.717) is 119 Å². The number of nitriles is 1. The van der Waals surface area contributed by atoms with Gasteiger partial charge in [-0.15, -0.1) is 21.6 Å². The van der Waals surface area contributed by atoms with Crippen molar-refractivity contribution in [3.8, 4) is 6.07 Å². The third-order valence-electron chi connectivity index (χ3n) is 6.08. The monoisotopic (exact) mass is 633 g/mol. The fourth-order valence-corrected chi connectivity index (χ4v) is 4.64. The third-order valence-corrected chi connectivity index (χ3v) is 7.15. The van der Waals surface area contributed by atoms with Crippen LogP contribution in [-0.2, 0) is 28.4 Å². The fraction of sp³-hybridized carbons (Fsp3) is 0.600. The molecule has 0 bridgehead atoms. The summed E-state index contributed by atoms with van der Waals surface area (Å²) in [6.45, 7) is 17.4. The predicted octanol–water partition coefficient (Wildman–Crippen LogP) is 4.09. The molecule has 0 amide bonds. The molecule has 2 aromatic rings. The first kappa shape index (κ1) is 37.2. The van der Waals surface area contributed by atoms with Gasteiger partial charge in [0.2, 0.25) is 5.00 Å². The van der Waals surface area contributed by atoms with Crippen LogP contribution in [0.2, 0.25) is 0 Å². The Morgan fingerprint density at radius 2 is 1.30 bits per heavy atom. The molecule has 2 N–H and O–H groups in total. The van der Waals surface area contributed by atoms with Crippen LogP contribution in [0, 0.1) is 31.8 Å². The molecule has 1 aromatic carbocycles. The number of aliphatic hydroxyl groups is 2. The molecule has 0 fully saturated rings. The first-order chi connectivity index (χ1) is 21.5. The van der Waals surface area contributed by atoms with E-state index in [0.717, 1.165) is 22.6 Å². The number of rotatable bonds is 25. The van der Waals surface area contributed by atoms with E-state index in [-0.39, 0.29) is 13.2 Å². The molecule has 242 valence electrons. The quantitative estimate of drug-likeness (QED) is 0.0929. The van der Waals surface area contributed by atoms with E-state index in [2.05, 4.69) is 26.0 Å². The van der Waals surface area contributed by atoms with E-state index in [9.17, 15) is 5.26 Å². The summed E-state index contributed by atoms with van der Waals surface area (Å²) in [5.41, 5.74) is 3.56. The van der Waals surface area contributed by atoms with Gasteiger partial charge in [-0.25, -0.2) is 4.85 Å². The molecular formula is C30H43N5O8S. The molecule has 0 aliphatic heterocycles. The number of ether oxygens (including phenoxy) is 6. The van der Waals surface area contributed by atoms with Crippen molar-refractivity contribution in [3.05, 3.63) is 46.3 Å². The molecule has 0 unspecified atom stereocenters. The first-order valence-electron chi connectivity index (χ1n) is 14.4. The maximum Gasteiger partial charge on any atom is 0.247 e. The van der Waals surface area contributed by atoms with Crippen molar-refractivity contribution in [3.63, 3.8) is 0 Å². The van der Waals surface area contributed by atoms with Crippen molar-refractivity contribution < 1.29 is 38.6 Å². The Bertz CT molecular complexity index is 1170. The smallest absolute Gasteiger partial charge is 0.247 e. The topological polar surface area (TPSA) is 152 Å². The molecule has 0 aliphatic rings. The Kier molecular flexibility index (Phi) is 19.7. The molecule has 0 saturated heterocycles. The SMILES string of the molecule is [C-]#[N+]c1sc(N=Nc2ccc(N(CCOCCOCCOCCO)CCOCCOCCOCCO)cc2C)c(C#N)c1C. The highest BCUT2D eigenvalue weighted by molar-refractivity contribution is 7.20. The number of thiophene rings is 1. The maximum atomic E-state index is 9.49. The minimum absolute atomic E-state index is 0.00461. The van der Waals surface area contributed by atoms with Gasteiger partial charge in [0.15, 0.2) is 0 Å². The van der Waals surface area contributed by atoms with E-state index < -0.39 is 0 Å². The number of anilines is 1. The molecule has 0 saturated carbocycles. The van der Waals surface area contributed by atoms with Crippen LogP contribution in [0.1, 0.15) is 16.7 Å². The van der Waals surface area contributed by atoms with Gasteiger partial charge in [0.05, 0.1) is 110 Å². The van der Waals surface area contributed by atoms with Crippen LogP contribution in [0.3, 0.4) is 0 Å². The summed E-state index contributed by atoms with van der Waals surface area (Å²) < 4.78 is 32.8. The minimum Gasteiger partial charge on any atom is -0.394 e. The van der Waals surface area contributed by atoms with Gasteiger partial charge in [-0.05, 0) is 43.2 Å². The second kappa shape index (κ2) is 23.4. The molecule has 14 heteroatoms. The van der Waals surface area contributed by atoms with Crippen molar-refractivity contribution in [2.45, 2.75) is 13.8 Å². The summed E-state index contributed by atoms with van der Waals surface area (Å²) in [5, 5.41) is 36.5. The third kappa shape index (κ3) is 14.2. The van der Waals surface area contributed by atoms with E-state index >= 15 is 0 Å². The zero-order chi connectivity index (χ0) is 31.8. The Morgan fingerprint density at radius 3 is 1.75 bits per heavy atom. The standard InChI is InChI=1S/C30H43N5O8S/c1-24-22-26(4-5-28(24)33-34-30-27(23-31)25(2)29(32-3)44-30)35(6-10-38-14-18-42-20-16-40-12-8-36)7-11-39-15-19-43-21-17-41-13-9-37/h4-5,22,36-37H,6-21H2,1-2H3. The van der Waals surface area contributed by atoms with Crippen LogP contribution in [0.25, 0.3) is 4.85 Å². The average molecular weight is 634 g/mol. The highest BCUT2D eigenvalue weighted by Crippen LogP contribution is 2.41. The summed E-state index contributed by atoms with van der Waals surface area (Å²) in [7, 11) is 0. The number of aliphatic hydroxyl groups excluding tert-OH is 2. The number of nitrogens with zero attached hydrogens (tertiary/aromatic N) is 5. The second-order valence-electron chi connectivity index (χ2n) is 9.22. The van der Waals surface area contributed by atoms with Crippen LogP contribution < -0.4 is 4.90 Å². The molecule has 1 heterocycles. The molecule has 13 nitrogen and oxygen atoms in total. The Balaban J connectivity index is 1.93. The van der Waals surface area contributed by atoms with Gasteiger partial charge in [-0.2, -0.15) is 5.26 Å². The molecule has 2 rings (SSSR count). The summed E-state index contributed by atoms with van der Waals surface area (Å²) in [6.07, 6.45) is 0. The number of hydrogen-bond donors (Lipinski definition) is 2. The largest absolute Gasteiger partial charge is 0.394 e. The van der Waals surface area contributed by atoms with E-state index in [1.54, 1.807) is 6.92 Å². The van der Waals surface area contributed by atoms with Crippen LogP contribution in [0.4, 0.5) is 21.4 Å². The Hall–Kier alpha value is -3.02. The van der Waals surface area contributed by atoms with Crippen LogP contribution in [-0.4, -0.2) is 116 Å². The molecule has 0 atom stereocenters. The van der Waals surface area contributed by atoms with Gasteiger partial charge in [-0.3, -0.25) is 0 Å². The van der Waals surface area contributed by atoms with Gasteiger partial charge in [0.25, 0.3) is 0 Å². The molecule has 44 heavy (non-hydrogen) atoms. The zero-order valence-corrected chi connectivity index (χ0v) is 26.4. The summed E-state index contributed by atoms with van der Waals surface area (Å²) in [4.78, 5) is 5.64. The fourth-order valence-electron chi connectivity index (χ4n) is 3.78. The number of aryl methyl sites for hydroxylation is 1. The van der Waals surface area contributed by atoms with E-state index in [1.807, 2.05) is 25.1 Å². The minimum atomic E-state index is -0.00461. The molecule has 0 spiro atoms. The lowest BCUT2D eigenvalue weighted by Crippen LogP contribution is -2.31. The normalized spacial score (nSPS) is 11.2. The summed E-state index contributed by atoms with van der Waals surface area (Å²) in [6, 6.07) is 7.99. The van der Waals surface area contributed by atoms with Crippen molar-refractivity contribution in [2.75, 3.05) is 110 Å². The van der Waals surface area contributed by atoms with Gasteiger partial charge < -0.3 is 43.5 Å². The van der Waals surface area contributed by atoms with E-state index in [1.165, 1.54) is 0 Å². The highest BCUT2D eigenvalue weighted by Gasteiger charge is 2.15. The van der Waals surface area contributed by atoms with Gasteiger partial charge in [0, 0.05) is 18.8 Å². The number of azo groups is 1. The van der Waals surface area contributed by atoms with Crippen LogP contribution in [0.15, 0.2) is 28.4 Å². The summed E-state index contributed by atoms with van der Waals surface area (Å²) in [5.74, 6) is 0. The summed E-state index contributed by atoms with van der Waals surface area (Å²) >= 11 is 1.16. The molecular weight excluding hydrogens is 590 g/mol. The highest BCUT2D eigenvalue weighted by atomic mass is 32.1. The average Bonchev–Trinajstić information content (AvgIpc) is 3.35. The first-order valence-corrected chi connectivity index (χ1v) is 15.2. The van der Waals surface area contributed by atoms with Crippen molar-refractivity contribution in [1.29, 1.82) is 5.26 Å². The Labute approximate surface area is 263 Å². The van der Waals surface area contributed by atoms with Crippen molar-refractivity contribution in [1.82, 2.24) is 0 Å². The van der Waals surface area contributed by atoms with Gasteiger partial charge in [0.1, 0.15) is 11.1 Å². The second-order valence-corrected chi connectivity index (χ2v) is 10.2. The van der Waals surface area contributed by atoms with Crippen LogP contribution >= 0.6 is 11.3 Å². The van der Waals surface area contributed by atoms with Gasteiger partial charge >= 0.3 is 0 Å². The van der Waals surface area contributed by atoms with Crippen molar-refractivity contribution >= 4 is 32.7 Å². The number of benzene rings is 1. The molecule has 0 radical (unpaired) electrons.